The molecule has 1 saturated carbocycles. The number of aliphatic hydroxyl groups is 1. The summed E-state index contributed by atoms with van der Waals surface area (Å²) in [5.41, 5.74) is 0.994. The smallest absolute Gasteiger partial charge is 0.161 e. The number of hydrogen-bond donors (Lipinski definition) is 2. The predicted molar refractivity (Wildman–Crippen MR) is 74.7 cm³/mol. The van der Waals surface area contributed by atoms with Crippen molar-refractivity contribution in [2.75, 3.05) is 11.9 Å². The van der Waals surface area contributed by atoms with E-state index in [1.807, 2.05) is 36.4 Å². The van der Waals surface area contributed by atoms with Crippen molar-refractivity contribution in [1.29, 1.82) is 0 Å². The number of rotatable bonds is 5. The lowest BCUT2D eigenvalue weighted by Gasteiger charge is -2.11. The van der Waals surface area contributed by atoms with Crippen LogP contribution in [0, 0.1) is 5.92 Å². The summed E-state index contributed by atoms with van der Waals surface area (Å²) in [6.07, 6.45) is 3.75. The second-order valence-corrected chi connectivity index (χ2v) is 4.92. The molecule has 0 bridgehead atoms. The number of nitrogens with zero attached hydrogens (tertiary/aromatic N) is 2. The Morgan fingerprint density at radius 3 is 2.74 bits per heavy atom. The number of aromatic nitrogens is 2. The molecule has 1 aromatic heterocycles. The van der Waals surface area contributed by atoms with Crippen molar-refractivity contribution in [3.05, 3.63) is 42.6 Å². The van der Waals surface area contributed by atoms with Crippen molar-refractivity contribution in [1.82, 2.24) is 9.97 Å². The van der Waals surface area contributed by atoms with Crippen LogP contribution in [0.3, 0.4) is 0 Å². The second-order valence-electron chi connectivity index (χ2n) is 4.92. The standard InChI is InChI=1S/C15H17N3O/c19-13(11-6-7-11)10-17-14-8-9-16-15(18-14)12-4-2-1-3-5-12/h1-5,8-9,11,13,19H,6-7,10H2,(H,16,17,18)/t13-/m1/s1. The molecule has 3 rings (SSSR count). The van der Waals surface area contributed by atoms with Crippen LogP contribution < -0.4 is 5.32 Å². The first-order chi connectivity index (χ1) is 9.33. The fraction of sp³-hybridized carbons (Fsp3) is 0.333. The highest BCUT2D eigenvalue weighted by Crippen LogP contribution is 2.32. The molecule has 0 spiro atoms. The third-order valence-electron chi connectivity index (χ3n) is 3.35. The van der Waals surface area contributed by atoms with Gasteiger partial charge < -0.3 is 10.4 Å². The van der Waals surface area contributed by atoms with Gasteiger partial charge in [-0.05, 0) is 24.8 Å². The van der Waals surface area contributed by atoms with Gasteiger partial charge in [-0.1, -0.05) is 30.3 Å². The maximum Gasteiger partial charge on any atom is 0.161 e. The maximum absolute atomic E-state index is 9.83. The Labute approximate surface area is 112 Å². The predicted octanol–water partition coefficient (Wildman–Crippen LogP) is 2.33. The zero-order chi connectivity index (χ0) is 13.1. The van der Waals surface area contributed by atoms with E-state index in [9.17, 15) is 5.11 Å². The van der Waals surface area contributed by atoms with Crippen LogP contribution in [-0.2, 0) is 0 Å². The Hall–Kier alpha value is -1.94. The van der Waals surface area contributed by atoms with Crippen LogP contribution in [0.2, 0.25) is 0 Å². The lowest BCUT2D eigenvalue weighted by Crippen LogP contribution is -2.21. The van der Waals surface area contributed by atoms with Gasteiger partial charge in [0, 0.05) is 18.3 Å². The minimum absolute atomic E-state index is 0.268. The summed E-state index contributed by atoms with van der Waals surface area (Å²) < 4.78 is 0. The highest BCUT2D eigenvalue weighted by molar-refractivity contribution is 5.56. The number of hydrogen-bond acceptors (Lipinski definition) is 4. The van der Waals surface area contributed by atoms with E-state index in [0.717, 1.165) is 24.2 Å². The fourth-order valence-electron chi connectivity index (χ4n) is 2.04. The Morgan fingerprint density at radius 1 is 1.21 bits per heavy atom. The molecule has 19 heavy (non-hydrogen) atoms. The summed E-state index contributed by atoms with van der Waals surface area (Å²) in [5.74, 6) is 1.93. The molecular weight excluding hydrogens is 238 g/mol. The summed E-state index contributed by atoms with van der Waals surface area (Å²) >= 11 is 0. The number of nitrogens with one attached hydrogen (secondary N) is 1. The van der Waals surface area contributed by atoms with E-state index in [2.05, 4.69) is 15.3 Å². The molecule has 0 unspecified atom stereocenters. The van der Waals surface area contributed by atoms with Crippen LogP contribution >= 0.6 is 0 Å². The largest absolute Gasteiger partial charge is 0.391 e. The van der Waals surface area contributed by atoms with Crippen molar-refractivity contribution in [2.45, 2.75) is 18.9 Å². The Bertz CT molecular complexity index is 540. The molecule has 0 radical (unpaired) electrons. The highest BCUT2D eigenvalue weighted by atomic mass is 16.3. The van der Waals surface area contributed by atoms with Crippen molar-refractivity contribution in [3.8, 4) is 11.4 Å². The molecule has 0 saturated heterocycles. The number of benzene rings is 1. The first-order valence-corrected chi connectivity index (χ1v) is 6.63. The minimum Gasteiger partial charge on any atom is -0.391 e. The van der Waals surface area contributed by atoms with Crippen LogP contribution in [-0.4, -0.2) is 27.7 Å². The van der Waals surface area contributed by atoms with Gasteiger partial charge in [-0.2, -0.15) is 0 Å². The van der Waals surface area contributed by atoms with Gasteiger partial charge in [-0.25, -0.2) is 9.97 Å². The van der Waals surface area contributed by atoms with Gasteiger partial charge in [-0.3, -0.25) is 0 Å². The molecular formula is C15H17N3O. The van der Waals surface area contributed by atoms with Crippen LogP contribution in [0.15, 0.2) is 42.6 Å². The van der Waals surface area contributed by atoms with E-state index in [0.29, 0.717) is 18.3 Å². The second kappa shape index (κ2) is 5.36. The molecule has 1 fully saturated rings. The van der Waals surface area contributed by atoms with Crippen LogP contribution in [0.25, 0.3) is 11.4 Å². The van der Waals surface area contributed by atoms with Gasteiger partial charge in [0.1, 0.15) is 5.82 Å². The molecule has 0 aliphatic heterocycles. The molecule has 1 heterocycles. The summed E-state index contributed by atoms with van der Waals surface area (Å²) in [5, 5.41) is 13.0. The fourth-order valence-corrected chi connectivity index (χ4v) is 2.04. The zero-order valence-corrected chi connectivity index (χ0v) is 10.7. The van der Waals surface area contributed by atoms with E-state index >= 15 is 0 Å². The Balaban J connectivity index is 1.69. The maximum atomic E-state index is 9.83. The normalized spacial score (nSPS) is 16.1. The molecule has 0 amide bonds. The lowest BCUT2D eigenvalue weighted by molar-refractivity contribution is 0.164. The van der Waals surface area contributed by atoms with Crippen molar-refractivity contribution < 1.29 is 5.11 Å². The van der Waals surface area contributed by atoms with Gasteiger partial charge in [0.25, 0.3) is 0 Å². The molecule has 1 aliphatic carbocycles. The summed E-state index contributed by atoms with van der Waals surface area (Å²) in [4.78, 5) is 8.73. The van der Waals surface area contributed by atoms with Gasteiger partial charge >= 0.3 is 0 Å². The van der Waals surface area contributed by atoms with Crippen molar-refractivity contribution in [2.24, 2.45) is 5.92 Å². The molecule has 1 aliphatic rings. The number of anilines is 1. The average molecular weight is 255 g/mol. The van der Waals surface area contributed by atoms with Crippen LogP contribution in [0.1, 0.15) is 12.8 Å². The summed E-state index contributed by atoms with van der Waals surface area (Å²) in [6.45, 7) is 0.551. The molecule has 1 atom stereocenters. The molecule has 2 N–H and O–H groups in total. The molecule has 4 heteroatoms. The first kappa shape index (κ1) is 12.1. The van der Waals surface area contributed by atoms with E-state index in [1.54, 1.807) is 6.20 Å². The van der Waals surface area contributed by atoms with E-state index in [4.69, 9.17) is 0 Å². The summed E-state index contributed by atoms with van der Waals surface area (Å²) in [6, 6.07) is 11.7. The van der Waals surface area contributed by atoms with Crippen molar-refractivity contribution >= 4 is 5.82 Å². The molecule has 98 valence electrons. The van der Waals surface area contributed by atoms with Crippen LogP contribution in [0.4, 0.5) is 5.82 Å². The number of aliphatic hydroxyl groups excluding tert-OH is 1. The molecule has 1 aromatic carbocycles. The topological polar surface area (TPSA) is 58.0 Å². The van der Waals surface area contributed by atoms with Gasteiger partial charge in [0.2, 0.25) is 0 Å². The first-order valence-electron chi connectivity index (χ1n) is 6.63. The average Bonchev–Trinajstić information content (AvgIpc) is 3.31. The minimum atomic E-state index is -0.268. The van der Waals surface area contributed by atoms with Crippen molar-refractivity contribution in [3.63, 3.8) is 0 Å². The van der Waals surface area contributed by atoms with E-state index < -0.39 is 0 Å². The van der Waals surface area contributed by atoms with Gasteiger partial charge in [-0.15, -0.1) is 0 Å². The zero-order valence-electron chi connectivity index (χ0n) is 10.7. The summed E-state index contributed by atoms with van der Waals surface area (Å²) in [7, 11) is 0. The van der Waals surface area contributed by atoms with Gasteiger partial charge in [0.05, 0.1) is 6.10 Å². The Morgan fingerprint density at radius 2 is 2.00 bits per heavy atom. The molecule has 4 nitrogen and oxygen atoms in total. The van der Waals surface area contributed by atoms with Gasteiger partial charge in [0.15, 0.2) is 5.82 Å². The monoisotopic (exact) mass is 255 g/mol. The SMILES string of the molecule is O[C@H](CNc1ccnc(-c2ccccc2)n1)C1CC1. The quantitative estimate of drug-likeness (QED) is 0.861. The molecule has 2 aromatic rings. The third-order valence-corrected chi connectivity index (χ3v) is 3.35. The van der Waals surface area contributed by atoms with E-state index in [-0.39, 0.29) is 6.10 Å². The van der Waals surface area contributed by atoms with Crippen LogP contribution in [0.5, 0.6) is 0 Å². The highest BCUT2D eigenvalue weighted by Gasteiger charge is 2.29. The van der Waals surface area contributed by atoms with E-state index in [1.165, 1.54) is 0 Å². The Kier molecular flexibility index (Phi) is 3.42. The third kappa shape index (κ3) is 3.09. The lowest BCUT2D eigenvalue weighted by atomic mass is 10.2.